The van der Waals surface area contributed by atoms with E-state index in [-0.39, 0.29) is 6.04 Å². The lowest BCUT2D eigenvalue weighted by Gasteiger charge is -2.34. The molecule has 0 saturated carbocycles. The van der Waals surface area contributed by atoms with Gasteiger partial charge in [0.1, 0.15) is 29.3 Å². The van der Waals surface area contributed by atoms with Crippen LogP contribution in [-0.4, -0.2) is 76.5 Å². The van der Waals surface area contributed by atoms with Gasteiger partial charge in [0.05, 0.1) is 12.9 Å². The summed E-state index contributed by atoms with van der Waals surface area (Å²) in [5, 5.41) is 5.16. The van der Waals surface area contributed by atoms with Crippen molar-refractivity contribution in [2.24, 2.45) is 0 Å². The van der Waals surface area contributed by atoms with Crippen molar-refractivity contribution in [1.29, 1.82) is 0 Å². The topological polar surface area (TPSA) is 106 Å². The maximum atomic E-state index is 11.8. The fraction of sp³-hybridized carbons (Fsp3) is 0.500. The van der Waals surface area contributed by atoms with Crippen molar-refractivity contribution in [3.05, 3.63) is 23.3 Å². The van der Waals surface area contributed by atoms with Crippen LogP contribution in [0, 0.1) is 0 Å². The zero-order chi connectivity index (χ0) is 22.5. The van der Waals surface area contributed by atoms with Crippen molar-refractivity contribution in [2.75, 3.05) is 43.9 Å². The number of anilines is 1. The molecule has 12 heteroatoms. The van der Waals surface area contributed by atoms with Crippen LogP contribution in [0.4, 0.5) is 5.82 Å². The van der Waals surface area contributed by atoms with E-state index >= 15 is 0 Å². The van der Waals surface area contributed by atoms with Gasteiger partial charge in [-0.25, -0.2) is 28.1 Å². The molecule has 0 atom stereocenters. The van der Waals surface area contributed by atoms with E-state index in [4.69, 9.17) is 14.7 Å². The largest absolute Gasteiger partial charge is 0.491 e. The summed E-state index contributed by atoms with van der Waals surface area (Å²) in [5.41, 5.74) is 1.55. The maximum Gasteiger partial charge on any atom is 0.211 e. The lowest BCUT2D eigenvalue weighted by molar-refractivity contribution is 0.326. The highest BCUT2D eigenvalue weighted by molar-refractivity contribution is 7.88. The summed E-state index contributed by atoms with van der Waals surface area (Å²) >= 11 is 1.60. The van der Waals surface area contributed by atoms with Crippen molar-refractivity contribution in [1.82, 2.24) is 29.0 Å². The molecule has 0 spiro atoms. The van der Waals surface area contributed by atoms with E-state index < -0.39 is 10.0 Å². The van der Waals surface area contributed by atoms with Crippen molar-refractivity contribution in [3.63, 3.8) is 0 Å². The molecule has 170 valence electrons. The number of fused-ring (bicyclic) bond motifs is 3. The maximum absolute atomic E-state index is 11.8. The molecule has 5 heterocycles. The second-order valence-corrected chi connectivity index (χ2v) is 11.2. The van der Waals surface area contributed by atoms with Gasteiger partial charge < -0.3 is 9.64 Å². The normalized spacial score (nSPS) is 17.1. The van der Waals surface area contributed by atoms with Gasteiger partial charge in [-0.05, 0) is 26.0 Å². The third-order valence-electron chi connectivity index (χ3n) is 5.64. The Bertz CT molecular complexity index is 1240. The van der Waals surface area contributed by atoms with E-state index in [1.807, 2.05) is 16.8 Å². The van der Waals surface area contributed by atoms with E-state index in [9.17, 15) is 8.42 Å². The smallest absolute Gasteiger partial charge is 0.211 e. The number of rotatable bonds is 4. The number of sulfonamides is 1. The molecule has 3 aromatic heterocycles. The van der Waals surface area contributed by atoms with Gasteiger partial charge in [-0.15, -0.1) is 11.3 Å². The fourth-order valence-electron chi connectivity index (χ4n) is 3.98. The molecule has 2 aliphatic heterocycles. The Balaban J connectivity index is 1.49. The van der Waals surface area contributed by atoms with Gasteiger partial charge in [-0.2, -0.15) is 9.40 Å². The first-order valence-corrected chi connectivity index (χ1v) is 13.2. The van der Waals surface area contributed by atoms with Crippen molar-refractivity contribution >= 4 is 27.2 Å². The third kappa shape index (κ3) is 3.86. The molecule has 10 nitrogen and oxygen atoms in total. The van der Waals surface area contributed by atoms with Crippen LogP contribution >= 0.6 is 11.3 Å². The van der Waals surface area contributed by atoms with Crippen LogP contribution in [-0.2, 0) is 16.4 Å². The molecule has 32 heavy (non-hydrogen) atoms. The molecule has 0 aromatic carbocycles. The zero-order valence-electron chi connectivity index (χ0n) is 18.2. The van der Waals surface area contributed by atoms with Crippen molar-refractivity contribution in [3.8, 4) is 28.0 Å². The molecule has 0 radical (unpaired) electrons. The summed E-state index contributed by atoms with van der Waals surface area (Å²) < 4.78 is 33.0. The molecule has 0 N–H and O–H groups in total. The number of piperazine rings is 1. The number of hydrogen-bond acceptors (Lipinski definition) is 9. The van der Waals surface area contributed by atoms with Gasteiger partial charge in [-0.3, -0.25) is 0 Å². The molecule has 1 saturated heterocycles. The molecule has 2 aliphatic rings. The second-order valence-electron chi connectivity index (χ2n) is 8.18. The van der Waals surface area contributed by atoms with Crippen LogP contribution in [0.3, 0.4) is 0 Å². The Labute approximate surface area is 190 Å². The Morgan fingerprint density at radius 3 is 2.59 bits per heavy atom. The molecule has 0 bridgehead atoms. The standard InChI is InChI=1S/C20H25N7O3S2/c1-13(2)27-19(21-12-22-27)20-24-18-15(31-20)6-11-30-14-4-5-16(23-17(14)18)25-7-9-26(10-8-25)32(3,28)29/h4-5,12-13H,6-11H2,1-3H3. The SMILES string of the molecule is CC(C)n1ncnc1-c1nc2c(s1)CCOc1ccc(N3CCN(S(C)(=O)=O)CC3)nc1-2. The van der Waals surface area contributed by atoms with Crippen LogP contribution in [0.25, 0.3) is 22.2 Å². The Morgan fingerprint density at radius 1 is 1.09 bits per heavy atom. The zero-order valence-corrected chi connectivity index (χ0v) is 19.9. The number of pyridine rings is 1. The summed E-state index contributed by atoms with van der Waals surface area (Å²) in [4.78, 5) is 17.5. The highest BCUT2D eigenvalue weighted by Gasteiger charge is 2.27. The minimum Gasteiger partial charge on any atom is -0.491 e. The van der Waals surface area contributed by atoms with E-state index in [0.29, 0.717) is 38.5 Å². The van der Waals surface area contributed by atoms with Gasteiger partial charge in [-0.1, -0.05) is 0 Å². The number of ether oxygens (including phenoxy) is 1. The number of thiazole rings is 1. The summed E-state index contributed by atoms with van der Waals surface area (Å²) in [6.45, 7) is 6.77. The first-order valence-electron chi connectivity index (χ1n) is 10.5. The molecule has 3 aromatic rings. The van der Waals surface area contributed by atoms with E-state index in [1.165, 1.54) is 10.6 Å². The highest BCUT2D eigenvalue weighted by Crippen LogP contribution is 2.40. The van der Waals surface area contributed by atoms with Gasteiger partial charge in [0.15, 0.2) is 10.8 Å². The van der Waals surface area contributed by atoms with Crippen LogP contribution < -0.4 is 9.64 Å². The Kier molecular flexibility index (Phi) is 5.38. The molecule has 0 unspecified atom stereocenters. The number of hydrogen-bond donors (Lipinski definition) is 0. The quantitative estimate of drug-likeness (QED) is 0.565. The van der Waals surface area contributed by atoms with Crippen LogP contribution in [0.2, 0.25) is 0 Å². The van der Waals surface area contributed by atoms with Crippen LogP contribution in [0.15, 0.2) is 18.5 Å². The molecule has 0 amide bonds. The number of nitrogens with zero attached hydrogens (tertiary/aromatic N) is 7. The molecule has 1 fully saturated rings. The van der Waals surface area contributed by atoms with Gasteiger partial charge >= 0.3 is 0 Å². The summed E-state index contributed by atoms with van der Waals surface area (Å²) in [5.74, 6) is 2.27. The first-order chi connectivity index (χ1) is 15.3. The minimum atomic E-state index is -3.17. The highest BCUT2D eigenvalue weighted by atomic mass is 32.2. The predicted octanol–water partition coefficient (Wildman–Crippen LogP) is 2.06. The number of aromatic nitrogens is 5. The van der Waals surface area contributed by atoms with Gasteiger partial charge in [0, 0.05) is 43.5 Å². The average Bonchev–Trinajstić information content (AvgIpc) is 3.37. The predicted molar refractivity (Wildman–Crippen MR) is 123 cm³/mol. The molecular weight excluding hydrogens is 450 g/mol. The van der Waals surface area contributed by atoms with Crippen molar-refractivity contribution in [2.45, 2.75) is 26.3 Å². The minimum absolute atomic E-state index is 0.183. The lowest BCUT2D eigenvalue weighted by atomic mass is 10.2. The fourth-order valence-corrected chi connectivity index (χ4v) is 5.84. The molecular formula is C20H25N7O3S2. The molecule has 5 rings (SSSR count). The van der Waals surface area contributed by atoms with E-state index in [1.54, 1.807) is 17.7 Å². The molecule has 0 aliphatic carbocycles. The summed E-state index contributed by atoms with van der Waals surface area (Å²) in [7, 11) is -3.17. The lowest BCUT2D eigenvalue weighted by Crippen LogP contribution is -2.48. The summed E-state index contributed by atoms with van der Waals surface area (Å²) in [6.07, 6.45) is 3.56. The van der Waals surface area contributed by atoms with Crippen LogP contribution in [0.5, 0.6) is 5.75 Å². The van der Waals surface area contributed by atoms with E-state index in [2.05, 4.69) is 28.8 Å². The Morgan fingerprint density at radius 2 is 1.88 bits per heavy atom. The van der Waals surface area contributed by atoms with Gasteiger partial charge in [0.25, 0.3) is 0 Å². The second kappa shape index (κ2) is 8.09. The van der Waals surface area contributed by atoms with Crippen LogP contribution in [0.1, 0.15) is 24.8 Å². The first kappa shape index (κ1) is 21.3. The third-order valence-corrected chi connectivity index (χ3v) is 8.05. The Hall–Kier alpha value is -2.57. The van der Waals surface area contributed by atoms with E-state index in [0.717, 1.165) is 39.3 Å². The summed E-state index contributed by atoms with van der Waals surface area (Å²) in [6, 6.07) is 4.05. The van der Waals surface area contributed by atoms with Crippen molar-refractivity contribution < 1.29 is 13.2 Å². The monoisotopic (exact) mass is 475 g/mol. The average molecular weight is 476 g/mol. The van der Waals surface area contributed by atoms with Gasteiger partial charge in [0.2, 0.25) is 10.0 Å².